The number of alkyl halides is 3. The summed E-state index contributed by atoms with van der Waals surface area (Å²) in [6.45, 7) is 2.70. The highest BCUT2D eigenvalue weighted by atomic mass is 19.4. The predicted octanol–water partition coefficient (Wildman–Crippen LogP) is 0.233. The second-order valence-electron chi connectivity index (χ2n) is 4.95. The Kier molecular flexibility index (Phi) is 7.37. The molecule has 0 bridgehead atoms. The average Bonchev–Trinajstić information content (AvgIpc) is 2.77. The molecule has 2 N–H and O–H groups in total. The molecule has 142 valence electrons. The molecule has 2 atom stereocenters. The van der Waals surface area contributed by atoms with Crippen LogP contribution in [0.4, 0.5) is 13.2 Å². The number of amides is 1. The van der Waals surface area contributed by atoms with Crippen LogP contribution < -0.4 is 11.2 Å². The Hall–Kier alpha value is -2.14. The van der Waals surface area contributed by atoms with Crippen LogP contribution in [-0.2, 0) is 9.53 Å². The Balaban J connectivity index is 0.00000151. The van der Waals surface area contributed by atoms with Gasteiger partial charge >= 0.3 is 17.8 Å². The van der Waals surface area contributed by atoms with Gasteiger partial charge in [-0.05, 0) is 6.42 Å². The molecule has 0 aromatic carbocycles. The fraction of sp³-hybridized carbons (Fsp3) is 0.643. The molecule has 1 aromatic rings. The summed E-state index contributed by atoms with van der Waals surface area (Å²) in [5.74, 6) is -2.05. The molecule has 1 aliphatic heterocycles. The van der Waals surface area contributed by atoms with Crippen LogP contribution in [0.5, 0.6) is 0 Å². The van der Waals surface area contributed by atoms with Crippen LogP contribution >= 0.6 is 0 Å². The fourth-order valence-electron chi connectivity index (χ4n) is 2.22. The van der Waals surface area contributed by atoms with E-state index in [0.717, 1.165) is 16.8 Å². The number of aliphatic hydroxyl groups excluding tert-OH is 1. The lowest BCUT2D eigenvalue weighted by atomic mass is 10.2. The van der Waals surface area contributed by atoms with Crippen LogP contribution in [0.15, 0.2) is 21.9 Å². The monoisotopic (exact) mass is 367 g/mol. The third-order valence-electron chi connectivity index (χ3n) is 3.34. The second kappa shape index (κ2) is 8.81. The minimum absolute atomic E-state index is 0.0209. The minimum Gasteiger partial charge on any atom is -0.394 e. The summed E-state index contributed by atoms with van der Waals surface area (Å²) in [4.78, 5) is 36.7. The molecule has 1 aromatic heterocycles. The van der Waals surface area contributed by atoms with Crippen molar-refractivity contribution in [2.75, 3.05) is 19.7 Å². The fourth-order valence-corrected chi connectivity index (χ4v) is 2.22. The number of aromatic nitrogens is 2. The standard InChI is InChI=1S/C12H14F3N3O5.C2H6/c13-12(14,15)10(21)17-3-1-7(6-19)23-9(5-17)18-4-2-8(20)16-11(18)22;1-2/h2,4,7,9,19H,1,3,5-6H2,(H,16,20,22);1-2H3. The lowest BCUT2D eigenvalue weighted by molar-refractivity contribution is -0.186. The van der Waals surface area contributed by atoms with Gasteiger partial charge in [0.05, 0.1) is 19.3 Å². The van der Waals surface area contributed by atoms with Crippen molar-refractivity contribution < 1.29 is 27.8 Å². The molecule has 0 radical (unpaired) electrons. The van der Waals surface area contributed by atoms with E-state index in [4.69, 9.17) is 4.74 Å². The Morgan fingerprint density at radius 2 is 2.04 bits per heavy atom. The summed E-state index contributed by atoms with van der Waals surface area (Å²) in [5, 5.41) is 9.18. The average molecular weight is 367 g/mol. The molecule has 2 rings (SSSR count). The Bertz CT molecular complexity index is 685. The zero-order valence-corrected chi connectivity index (χ0v) is 13.7. The largest absolute Gasteiger partial charge is 0.471 e. The van der Waals surface area contributed by atoms with Crippen molar-refractivity contribution in [1.82, 2.24) is 14.5 Å². The predicted molar refractivity (Wildman–Crippen MR) is 80.9 cm³/mol. The number of hydrogen-bond donors (Lipinski definition) is 2. The maximum absolute atomic E-state index is 12.6. The number of halogens is 3. The highest BCUT2D eigenvalue weighted by molar-refractivity contribution is 5.81. The number of aliphatic hydroxyl groups is 1. The van der Waals surface area contributed by atoms with Crippen LogP contribution in [0.2, 0.25) is 0 Å². The highest BCUT2D eigenvalue weighted by Crippen LogP contribution is 2.24. The van der Waals surface area contributed by atoms with Gasteiger partial charge in [0.15, 0.2) is 6.23 Å². The van der Waals surface area contributed by atoms with E-state index in [1.807, 2.05) is 18.8 Å². The first-order valence-corrected chi connectivity index (χ1v) is 7.66. The van der Waals surface area contributed by atoms with Crippen LogP contribution in [0.25, 0.3) is 0 Å². The third-order valence-corrected chi connectivity index (χ3v) is 3.34. The Labute approximate surface area is 140 Å². The first-order valence-electron chi connectivity index (χ1n) is 7.66. The first kappa shape index (κ1) is 20.9. The van der Waals surface area contributed by atoms with Gasteiger partial charge < -0.3 is 14.7 Å². The number of aromatic amines is 1. The maximum atomic E-state index is 12.6. The van der Waals surface area contributed by atoms with Gasteiger partial charge in [0.2, 0.25) is 0 Å². The molecule has 1 amide bonds. The molecule has 11 heteroatoms. The van der Waals surface area contributed by atoms with E-state index in [1.165, 1.54) is 0 Å². The van der Waals surface area contributed by atoms with Gasteiger partial charge in [0.25, 0.3) is 5.56 Å². The van der Waals surface area contributed by atoms with Crippen molar-refractivity contribution in [3.63, 3.8) is 0 Å². The quantitative estimate of drug-likeness (QED) is 0.779. The number of nitrogens with zero attached hydrogens (tertiary/aromatic N) is 2. The third kappa shape index (κ3) is 5.43. The van der Waals surface area contributed by atoms with E-state index >= 15 is 0 Å². The van der Waals surface area contributed by atoms with E-state index in [2.05, 4.69) is 0 Å². The van der Waals surface area contributed by atoms with Crippen molar-refractivity contribution >= 4 is 5.91 Å². The molecule has 25 heavy (non-hydrogen) atoms. The zero-order chi connectivity index (χ0) is 19.2. The molecule has 1 saturated heterocycles. The minimum atomic E-state index is -5.06. The summed E-state index contributed by atoms with van der Waals surface area (Å²) >= 11 is 0. The summed E-state index contributed by atoms with van der Waals surface area (Å²) in [6.07, 6.45) is -6.12. The van der Waals surface area contributed by atoms with E-state index in [9.17, 15) is 32.7 Å². The topological polar surface area (TPSA) is 105 Å². The molecule has 1 fully saturated rings. The Morgan fingerprint density at radius 3 is 2.56 bits per heavy atom. The molecule has 0 aliphatic carbocycles. The van der Waals surface area contributed by atoms with Gasteiger partial charge in [0, 0.05) is 18.8 Å². The second-order valence-corrected chi connectivity index (χ2v) is 4.95. The number of H-pyrrole nitrogens is 1. The smallest absolute Gasteiger partial charge is 0.394 e. The highest BCUT2D eigenvalue weighted by Gasteiger charge is 2.44. The van der Waals surface area contributed by atoms with E-state index in [0.29, 0.717) is 4.90 Å². The van der Waals surface area contributed by atoms with Crippen LogP contribution in [-0.4, -0.2) is 57.4 Å². The summed E-state index contributed by atoms with van der Waals surface area (Å²) in [7, 11) is 0. The van der Waals surface area contributed by atoms with Gasteiger partial charge in [-0.15, -0.1) is 0 Å². The maximum Gasteiger partial charge on any atom is 0.471 e. The van der Waals surface area contributed by atoms with E-state index < -0.39 is 48.8 Å². The van der Waals surface area contributed by atoms with Crippen molar-refractivity contribution in [3.05, 3.63) is 33.1 Å². The number of carbonyl (C=O) groups is 1. The molecule has 2 unspecified atom stereocenters. The number of rotatable bonds is 2. The molecule has 0 spiro atoms. The van der Waals surface area contributed by atoms with Crippen molar-refractivity contribution in [2.24, 2.45) is 0 Å². The molecule has 1 aliphatic rings. The number of nitrogens with one attached hydrogen (secondary N) is 1. The molecule has 0 saturated carbocycles. The SMILES string of the molecule is CC.O=C(N1CCC(CO)OC(n2ccc(=O)[nH]c2=O)C1)C(F)(F)F. The first-order chi connectivity index (χ1) is 11.7. The van der Waals surface area contributed by atoms with Crippen molar-refractivity contribution in [1.29, 1.82) is 0 Å². The number of carbonyl (C=O) groups excluding carboxylic acids is 1. The Morgan fingerprint density at radius 1 is 1.40 bits per heavy atom. The molecule has 2 heterocycles. The molecule has 8 nitrogen and oxygen atoms in total. The van der Waals surface area contributed by atoms with E-state index in [-0.39, 0.29) is 13.0 Å². The van der Waals surface area contributed by atoms with Gasteiger partial charge in [-0.3, -0.25) is 19.1 Å². The summed E-state index contributed by atoms with van der Waals surface area (Å²) < 4.78 is 44.1. The lowest BCUT2D eigenvalue weighted by Gasteiger charge is -2.25. The number of ether oxygens (including phenoxy) is 1. The number of hydrogen-bond acceptors (Lipinski definition) is 5. The van der Waals surface area contributed by atoms with Gasteiger partial charge in [-0.1, -0.05) is 13.8 Å². The summed E-state index contributed by atoms with van der Waals surface area (Å²) in [5.41, 5.74) is -1.57. The molecular weight excluding hydrogens is 347 g/mol. The van der Waals surface area contributed by atoms with Gasteiger partial charge in [0.1, 0.15) is 0 Å². The van der Waals surface area contributed by atoms with Crippen LogP contribution in [0, 0.1) is 0 Å². The zero-order valence-electron chi connectivity index (χ0n) is 13.7. The van der Waals surface area contributed by atoms with Gasteiger partial charge in [-0.25, -0.2) is 4.79 Å². The molecular formula is C14H20F3N3O5. The van der Waals surface area contributed by atoms with Crippen molar-refractivity contribution in [2.45, 2.75) is 38.8 Å². The lowest BCUT2D eigenvalue weighted by Crippen LogP contribution is -2.45. The van der Waals surface area contributed by atoms with E-state index in [1.54, 1.807) is 0 Å². The van der Waals surface area contributed by atoms with Crippen molar-refractivity contribution in [3.8, 4) is 0 Å². The van der Waals surface area contributed by atoms with Gasteiger partial charge in [-0.2, -0.15) is 13.2 Å². The normalized spacial score (nSPS) is 21.1. The summed E-state index contributed by atoms with van der Waals surface area (Å²) in [6, 6.07) is 1.000. The van der Waals surface area contributed by atoms with Crippen LogP contribution in [0.3, 0.4) is 0 Å². The van der Waals surface area contributed by atoms with Crippen LogP contribution in [0.1, 0.15) is 26.5 Å².